The zero-order valence-electron chi connectivity index (χ0n) is 9.01. The van der Waals surface area contributed by atoms with E-state index < -0.39 is 0 Å². The Morgan fingerprint density at radius 2 is 2.12 bits per heavy atom. The van der Waals surface area contributed by atoms with Crippen molar-refractivity contribution in [2.24, 2.45) is 0 Å². The van der Waals surface area contributed by atoms with Crippen LogP contribution in [-0.4, -0.2) is 15.0 Å². The summed E-state index contributed by atoms with van der Waals surface area (Å²) >= 11 is 1.70. The number of pyridine rings is 1. The molecular weight excluding hydrogens is 277 g/mol. The number of hydrogen-bond donors (Lipinski definition) is 1. The van der Waals surface area contributed by atoms with E-state index in [0.29, 0.717) is 0 Å². The Bertz CT molecular complexity index is 585. The molecule has 0 aliphatic carbocycles. The molecular formula is C11H11Cl2N3S. The minimum absolute atomic E-state index is 0. The van der Waals surface area contributed by atoms with Crippen LogP contribution in [0.2, 0.25) is 0 Å². The van der Waals surface area contributed by atoms with Gasteiger partial charge in [0, 0.05) is 6.20 Å². The van der Waals surface area contributed by atoms with Crippen molar-refractivity contribution in [1.82, 2.24) is 15.0 Å². The predicted octanol–water partition coefficient (Wildman–Crippen LogP) is 3.84. The van der Waals surface area contributed by atoms with Crippen molar-refractivity contribution in [2.45, 2.75) is 6.92 Å². The summed E-state index contributed by atoms with van der Waals surface area (Å²) < 4.78 is 0. The van der Waals surface area contributed by atoms with Gasteiger partial charge in [-0.1, -0.05) is 0 Å². The van der Waals surface area contributed by atoms with Crippen molar-refractivity contribution < 1.29 is 0 Å². The average Bonchev–Trinajstić information content (AvgIpc) is 2.82. The lowest BCUT2D eigenvalue weighted by molar-refractivity contribution is 1.34. The van der Waals surface area contributed by atoms with Crippen LogP contribution in [0.1, 0.15) is 5.56 Å². The summed E-state index contributed by atoms with van der Waals surface area (Å²) in [6.45, 7) is 2.09. The highest BCUT2D eigenvalue weighted by Crippen LogP contribution is 2.25. The first-order valence-corrected chi connectivity index (χ1v) is 5.56. The number of aryl methyl sites for hydroxylation is 1. The zero-order valence-corrected chi connectivity index (χ0v) is 11.5. The summed E-state index contributed by atoms with van der Waals surface area (Å²) in [5, 5.41) is 2.13. The molecule has 0 saturated carbocycles. The maximum absolute atomic E-state index is 4.49. The van der Waals surface area contributed by atoms with Gasteiger partial charge in [0.15, 0.2) is 0 Å². The van der Waals surface area contributed by atoms with E-state index in [-0.39, 0.29) is 24.8 Å². The molecule has 0 radical (unpaired) electrons. The zero-order chi connectivity index (χ0) is 10.3. The van der Waals surface area contributed by atoms with Gasteiger partial charge in [0.1, 0.15) is 11.3 Å². The second-order valence-electron chi connectivity index (χ2n) is 3.47. The number of fused-ring (bicyclic) bond motifs is 1. The summed E-state index contributed by atoms with van der Waals surface area (Å²) in [7, 11) is 0. The molecule has 0 unspecified atom stereocenters. The largest absolute Gasteiger partial charge is 0.337 e. The van der Waals surface area contributed by atoms with Gasteiger partial charge in [-0.25, -0.2) is 4.98 Å². The number of hydrogen-bond acceptors (Lipinski definition) is 3. The minimum Gasteiger partial charge on any atom is -0.337 e. The van der Waals surface area contributed by atoms with Gasteiger partial charge in [-0.05, 0) is 30.0 Å². The molecule has 0 amide bonds. The molecule has 1 N–H and O–H groups in total. The Morgan fingerprint density at radius 3 is 2.76 bits per heavy atom. The lowest BCUT2D eigenvalue weighted by atomic mass is 10.3. The van der Waals surface area contributed by atoms with Crippen molar-refractivity contribution in [3.05, 3.63) is 35.5 Å². The highest BCUT2D eigenvalue weighted by atomic mass is 35.5. The second kappa shape index (κ2) is 5.49. The van der Waals surface area contributed by atoms with E-state index in [1.807, 2.05) is 6.07 Å². The van der Waals surface area contributed by atoms with E-state index in [1.165, 1.54) is 10.4 Å². The van der Waals surface area contributed by atoms with E-state index in [4.69, 9.17) is 0 Å². The normalized spacial score (nSPS) is 9.71. The van der Waals surface area contributed by atoms with Gasteiger partial charge in [-0.3, -0.25) is 4.98 Å². The standard InChI is InChI=1S/C11H9N3S.2ClH/c1-7-4-10(15-6-7)11-13-8-2-3-12-5-9(8)14-11;;/h2-6H,1H3,(H,13,14);2*1H. The molecule has 17 heavy (non-hydrogen) atoms. The molecule has 3 nitrogen and oxygen atoms in total. The Labute approximate surface area is 115 Å². The maximum Gasteiger partial charge on any atom is 0.148 e. The van der Waals surface area contributed by atoms with Crippen LogP contribution in [0.3, 0.4) is 0 Å². The van der Waals surface area contributed by atoms with E-state index in [1.54, 1.807) is 23.7 Å². The number of halogens is 2. The Hall–Kier alpha value is -1.10. The molecule has 0 fully saturated rings. The van der Waals surface area contributed by atoms with Crippen molar-refractivity contribution >= 4 is 47.2 Å². The van der Waals surface area contributed by atoms with Gasteiger partial charge in [-0.2, -0.15) is 0 Å². The van der Waals surface area contributed by atoms with E-state index in [2.05, 4.69) is 33.3 Å². The lowest BCUT2D eigenvalue weighted by Crippen LogP contribution is -1.73. The van der Waals surface area contributed by atoms with Crippen molar-refractivity contribution in [3.63, 3.8) is 0 Å². The summed E-state index contributed by atoms with van der Waals surface area (Å²) in [4.78, 5) is 13.0. The molecule has 3 aromatic heterocycles. The molecule has 3 heterocycles. The summed E-state index contributed by atoms with van der Waals surface area (Å²) in [6.07, 6.45) is 3.54. The number of nitrogens with zero attached hydrogens (tertiary/aromatic N) is 2. The smallest absolute Gasteiger partial charge is 0.148 e. The number of aromatic nitrogens is 3. The molecule has 90 valence electrons. The number of imidazole rings is 1. The molecule has 6 heteroatoms. The first kappa shape index (κ1) is 14.0. The first-order chi connectivity index (χ1) is 7.33. The molecule has 0 aliphatic heterocycles. The second-order valence-corrected chi connectivity index (χ2v) is 4.38. The van der Waals surface area contributed by atoms with Gasteiger partial charge < -0.3 is 4.98 Å². The molecule has 0 bridgehead atoms. The fourth-order valence-corrected chi connectivity index (χ4v) is 2.37. The Morgan fingerprint density at radius 1 is 1.29 bits per heavy atom. The quantitative estimate of drug-likeness (QED) is 0.739. The lowest BCUT2D eigenvalue weighted by Gasteiger charge is -1.86. The van der Waals surface area contributed by atoms with E-state index >= 15 is 0 Å². The van der Waals surface area contributed by atoms with Crippen LogP contribution >= 0.6 is 36.2 Å². The fourth-order valence-electron chi connectivity index (χ4n) is 1.53. The van der Waals surface area contributed by atoms with E-state index in [9.17, 15) is 0 Å². The van der Waals surface area contributed by atoms with Gasteiger partial charge >= 0.3 is 0 Å². The SMILES string of the molecule is Cc1csc(-c2nc3cnccc3[nH]2)c1.Cl.Cl. The van der Waals surface area contributed by atoms with Gasteiger partial charge in [0.2, 0.25) is 0 Å². The van der Waals surface area contributed by atoms with Crippen molar-refractivity contribution in [2.75, 3.05) is 0 Å². The molecule has 3 aromatic rings. The topological polar surface area (TPSA) is 41.6 Å². The fraction of sp³-hybridized carbons (Fsp3) is 0.0909. The van der Waals surface area contributed by atoms with Crippen molar-refractivity contribution in [1.29, 1.82) is 0 Å². The third-order valence-corrected chi connectivity index (χ3v) is 3.30. The maximum atomic E-state index is 4.49. The molecule has 0 spiro atoms. The van der Waals surface area contributed by atoms with Crippen LogP contribution in [0.15, 0.2) is 29.9 Å². The van der Waals surface area contributed by atoms with Crippen molar-refractivity contribution in [3.8, 4) is 10.7 Å². The number of thiophene rings is 1. The number of H-pyrrole nitrogens is 1. The van der Waals surface area contributed by atoms with Crippen LogP contribution in [0.25, 0.3) is 21.7 Å². The molecule has 3 rings (SSSR count). The Kier molecular flexibility index (Phi) is 4.51. The Balaban J connectivity index is 0.000000722. The number of rotatable bonds is 1. The van der Waals surface area contributed by atoms with Crippen LogP contribution < -0.4 is 0 Å². The molecule has 0 atom stereocenters. The monoisotopic (exact) mass is 287 g/mol. The van der Waals surface area contributed by atoms with Gasteiger partial charge in [0.25, 0.3) is 0 Å². The van der Waals surface area contributed by atoms with E-state index in [0.717, 1.165) is 16.9 Å². The molecule has 0 aliphatic rings. The third kappa shape index (κ3) is 2.60. The molecule has 0 aromatic carbocycles. The van der Waals surface area contributed by atoms with Crippen LogP contribution in [0.4, 0.5) is 0 Å². The average molecular weight is 288 g/mol. The van der Waals surface area contributed by atoms with Crippen LogP contribution in [0, 0.1) is 6.92 Å². The summed E-state index contributed by atoms with van der Waals surface area (Å²) in [6, 6.07) is 4.07. The number of nitrogens with one attached hydrogen (secondary N) is 1. The third-order valence-electron chi connectivity index (χ3n) is 2.25. The highest BCUT2D eigenvalue weighted by molar-refractivity contribution is 7.13. The van der Waals surface area contributed by atoms with Crippen LogP contribution in [-0.2, 0) is 0 Å². The van der Waals surface area contributed by atoms with Crippen LogP contribution in [0.5, 0.6) is 0 Å². The first-order valence-electron chi connectivity index (χ1n) is 4.68. The summed E-state index contributed by atoms with van der Waals surface area (Å²) in [5.74, 6) is 0.927. The van der Waals surface area contributed by atoms with Gasteiger partial charge in [0.05, 0.1) is 16.6 Å². The highest BCUT2D eigenvalue weighted by Gasteiger charge is 2.06. The minimum atomic E-state index is 0. The van der Waals surface area contributed by atoms with Gasteiger partial charge in [-0.15, -0.1) is 36.2 Å². The number of aromatic amines is 1. The molecule has 0 saturated heterocycles. The summed E-state index contributed by atoms with van der Waals surface area (Å²) in [5.41, 5.74) is 3.22. The predicted molar refractivity (Wildman–Crippen MR) is 76.4 cm³/mol.